The second-order valence-corrected chi connectivity index (χ2v) is 13.8. The van der Waals surface area contributed by atoms with Gasteiger partial charge in [-0.15, -0.1) is 0 Å². The number of aromatic nitrogens is 2. The Labute approximate surface area is 287 Å². The summed E-state index contributed by atoms with van der Waals surface area (Å²) in [5.74, 6) is 2.29. The summed E-state index contributed by atoms with van der Waals surface area (Å²) < 4.78 is 0. The Kier molecular flexibility index (Phi) is 10.3. The van der Waals surface area contributed by atoms with Crippen molar-refractivity contribution in [1.82, 2.24) is 15.3 Å². The van der Waals surface area contributed by atoms with E-state index in [4.69, 9.17) is 44.8 Å². The van der Waals surface area contributed by atoms with E-state index < -0.39 is 5.41 Å². The fourth-order valence-electron chi connectivity index (χ4n) is 6.88. The highest BCUT2D eigenvalue weighted by atomic mass is 35.5. The van der Waals surface area contributed by atoms with Crippen LogP contribution in [0.4, 0.5) is 11.8 Å². The number of benzene rings is 4. The standard InChI is InChI=1S/C38H40Cl3N5/c1-46(2)36-34-5-3-4-6-35(34)44-37(45-36)43-33-21-7-26(8-22-33)25-42-24-23-38(27-9-15-30(39)16-10-27,28-11-17-31(40)18-12-28)29-13-19-32(41)20-14-29/h3-6,9-20,26,33,42H,7-8,21-25H2,1-2H3,(H,43,44,45). The van der Waals surface area contributed by atoms with Gasteiger partial charge in [-0.25, -0.2) is 4.98 Å². The third kappa shape index (κ3) is 7.29. The first-order valence-electron chi connectivity index (χ1n) is 16.0. The van der Waals surface area contributed by atoms with Crippen molar-refractivity contribution in [2.75, 3.05) is 37.4 Å². The van der Waals surface area contributed by atoms with Crippen LogP contribution in [0.5, 0.6) is 0 Å². The zero-order chi connectivity index (χ0) is 32.1. The average Bonchev–Trinajstić information content (AvgIpc) is 3.07. The molecule has 1 saturated carbocycles. The topological polar surface area (TPSA) is 53.1 Å². The first kappa shape index (κ1) is 32.6. The maximum atomic E-state index is 6.35. The number of fused-ring (bicyclic) bond motifs is 1. The van der Waals surface area contributed by atoms with Crippen LogP contribution in [0.1, 0.15) is 48.8 Å². The van der Waals surface area contributed by atoms with Crippen molar-refractivity contribution in [3.05, 3.63) is 129 Å². The average molecular weight is 673 g/mol. The van der Waals surface area contributed by atoms with Crippen LogP contribution < -0.4 is 15.5 Å². The number of hydrogen-bond acceptors (Lipinski definition) is 5. The molecule has 0 aliphatic heterocycles. The van der Waals surface area contributed by atoms with Crippen LogP contribution in [0.2, 0.25) is 15.1 Å². The molecule has 1 aromatic heterocycles. The molecule has 0 saturated heterocycles. The molecule has 0 radical (unpaired) electrons. The summed E-state index contributed by atoms with van der Waals surface area (Å²) in [4.78, 5) is 11.7. The molecule has 0 bridgehead atoms. The lowest BCUT2D eigenvalue weighted by Gasteiger charge is -2.37. The maximum absolute atomic E-state index is 6.35. The van der Waals surface area contributed by atoms with Gasteiger partial charge in [0, 0.05) is 46.0 Å². The largest absolute Gasteiger partial charge is 0.362 e. The van der Waals surface area contributed by atoms with Crippen molar-refractivity contribution < 1.29 is 0 Å². The number of anilines is 2. The summed E-state index contributed by atoms with van der Waals surface area (Å²) in [6.07, 6.45) is 5.39. The third-order valence-corrected chi connectivity index (χ3v) is 10.1. The Morgan fingerprint density at radius 2 is 1.22 bits per heavy atom. The lowest BCUT2D eigenvalue weighted by atomic mass is 9.67. The number of hydrogen-bond donors (Lipinski definition) is 2. The first-order chi connectivity index (χ1) is 22.3. The van der Waals surface area contributed by atoms with Crippen LogP contribution in [-0.2, 0) is 5.41 Å². The van der Waals surface area contributed by atoms with E-state index in [-0.39, 0.29) is 0 Å². The van der Waals surface area contributed by atoms with Crippen LogP contribution in [0.15, 0.2) is 97.1 Å². The molecular formula is C38H40Cl3N5. The summed E-state index contributed by atoms with van der Waals surface area (Å²) in [5, 5.41) is 10.7. The van der Waals surface area contributed by atoms with Gasteiger partial charge < -0.3 is 15.5 Å². The van der Waals surface area contributed by atoms with Crippen molar-refractivity contribution in [2.45, 2.75) is 43.6 Å². The highest BCUT2D eigenvalue weighted by molar-refractivity contribution is 6.31. The van der Waals surface area contributed by atoms with Gasteiger partial charge in [0.2, 0.25) is 5.95 Å². The lowest BCUT2D eigenvalue weighted by Crippen LogP contribution is -2.36. The van der Waals surface area contributed by atoms with Gasteiger partial charge in [-0.05, 0) is 116 Å². The molecule has 8 heteroatoms. The van der Waals surface area contributed by atoms with Crippen molar-refractivity contribution in [3.8, 4) is 0 Å². The van der Waals surface area contributed by atoms with Gasteiger partial charge in [-0.3, -0.25) is 0 Å². The van der Waals surface area contributed by atoms with Crippen molar-refractivity contribution >= 4 is 57.5 Å². The molecule has 5 nitrogen and oxygen atoms in total. The van der Waals surface area contributed by atoms with Gasteiger partial charge in [0.1, 0.15) is 5.82 Å². The lowest BCUT2D eigenvalue weighted by molar-refractivity contribution is 0.321. The molecule has 0 amide bonds. The van der Waals surface area contributed by atoms with E-state index in [1.54, 1.807) is 0 Å². The Morgan fingerprint density at radius 1 is 0.696 bits per heavy atom. The second kappa shape index (κ2) is 14.6. The molecule has 4 aromatic carbocycles. The number of nitrogens with one attached hydrogen (secondary N) is 2. The highest BCUT2D eigenvalue weighted by Crippen LogP contribution is 2.43. The number of rotatable bonds is 11. The predicted molar refractivity (Wildman–Crippen MR) is 195 cm³/mol. The molecule has 1 heterocycles. The van der Waals surface area contributed by atoms with Crippen LogP contribution in [0, 0.1) is 5.92 Å². The Balaban J connectivity index is 1.12. The Hall–Kier alpha value is -3.35. The molecular weight excluding hydrogens is 633 g/mol. The summed E-state index contributed by atoms with van der Waals surface area (Å²) in [6.45, 7) is 1.84. The molecule has 1 fully saturated rings. The van der Waals surface area contributed by atoms with Crippen LogP contribution in [0.25, 0.3) is 10.9 Å². The number of halogens is 3. The molecule has 0 atom stereocenters. The minimum absolute atomic E-state index is 0.375. The molecule has 238 valence electrons. The van der Waals surface area contributed by atoms with Crippen LogP contribution in [0.3, 0.4) is 0 Å². The van der Waals surface area contributed by atoms with E-state index in [0.717, 1.165) is 77.0 Å². The van der Waals surface area contributed by atoms with E-state index in [0.29, 0.717) is 17.9 Å². The minimum atomic E-state index is -0.403. The molecule has 1 aliphatic carbocycles. The Bertz CT molecular complexity index is 1620. The molecule has 46 heavy (non-hydrogen) atoms. The summed E-state index contributed by atoms with van der Waals surface area (Å²) in [7, 11) is 4.06. The molecule has 0 unspecified atom stereocenters. The quantitative estimate of drug-likeness (QED) is 0.108. The second-order valence-electron chi connectivity index (χ2n) is 12.5. The van der Waals surface area contributed by atoms with E-state index in [2.05, 4.69) is 64.1 Å². The normalized spacial score (nSPS) is 16.8. The van der Waals surface area contributed by atoms with Crippen molar-refractivity contribution in [2.24, 2.45) is 5.92 Å². The van der Waals surface area contributed by atoms with Gasteiger partial charge >= 0.3 is 0 Å². The summed E-state index contributed by atoms with van der Waals surface area (Å²) in [6, 6.07) is 33.3. The van der Waals surface area contributed by atoms with E-state index in [9.17, 15) is 0 Å². The van der Waals surface area contributed by atoms with E-state index in [1.807, 2.05) is 62.6 Å². The fraction of sp³-hybridized carbons (Fsp3) is 0.316. The van der Waals surface area contributed by atoms with E-state index >= 15 is 0 Å². The SMILES string of the molecule is CN(C)c1nc(NC2CCC(CNCCC(c3ccc(Cl)cc3)(c3ccc(Cl)cc3)c3ccc(Cl)cc3)CC2)nc2ccccc12. The molecule has 6 rings (SSSR count). The smallest absolute Gasteiger partial charge is 0.225 e. The first-order valence-corrected chi connectivity index (χ1v) is 17.1. The minimum Gasteiger partial charge on any atom is -0.362 e. The molecule has 1 aliphatic rings. The van der Waals surface area contributed by atoms with Gasteiger partial charge in [0.25, 0.3) is 0 Å². The van der Waals surface area contributed by atoms with Crippen molar-refractivity contribution in [3.63, 3.8) is 0 Å². The predicted octanol–water partition coefficient (Wildman–Crippen LogP) is 9.64. The molecule has 5 aromatic rings. The zero-order valence-corrected chi connectivity index (χ0v) is 28.6. The highest BCUT2D eigenvalue weighted by Gasteiger charge is 2.36. The Morgan fingerprint density at radius 3 is 1.74 bits per heavy atom. The van der Waals surface area contributed by atoms with E-state index in [1.165, 1.54) is 16.7 Å². The van der Waals surface area contributed by atoms with Crippen LogP contribution >= 0.6 is 34.8 Å². The monoisotopic (exact) mass is 671 g/mol. The van der Waals surface area contributed by atoms with Crippen molar-refractivity contribution in [1.29, 1.82) is 0 Å². The fourth-order valence-corrected chi connectivity index (χ4v) is 7.26. The molecule has 2 N–H and O–H groups in total. The van der Waals surface area contributed by atoms with Gasteiger partial charge in [-0.2, -0.15) is 4.98 Å². The zero-order valence-electron chi connectivity index (χ0n) is 26.3. The maximum Gasteiger partial charge on any atom is 0.225 e. The summed E-state index contributed by atoms with van der Waals surface area (Å²) >= 11 is 19.0. The third-order valence-electron chi connectivity index (χ3n) is 9.31. The van der Waals surface area contributed by atoms with Gasteiger partial charge in [-0.1, -0.05) is 83.3 Å². The van der Waals surface area contributed by atoms with Gasteiger partial charge in [0.05, 0.1) is 5.52 Å². The summed E-state index contributed by atoms with van der Waals surface area (Å²) in [5.41, 5.74) is 4.11. The number of nitrogens with zero attached hydrogens (tertiary/aromatic N) is 3. The molecule has 0 spiro atoms. The van der Waals surface area contributed by atoms with Crippen LogP contribution in [-0.4, -0.2) is 43.2 Å². The number of para-hydroxylation sites is 1. The van der Waals surface area contributed by atoms with Gasteiger partial charge in [0.15, 0.2) is 0 Å².